The van der Waals surface area contributed by atoms with Crippen molar-refractivity contribution in [2.24, 2.45) is 0 Å². The summed E-state index contributed by atoms with van der Waals surface area (Å²) in [6.45, 7) is 0. The van der Waals surface area contributed by atoms with Crippen LogP contribution >= 0.6 is 11.3 Å². The number of ether oxygens (including phenoxy) is 1. The maximum Gasteiger partial charge on any atom is 0.337 e. The summed E-state index contributed by atoms with van der Waals surface area (Å²) in [4.78, 5) is 44.0. The van der Waals surface area contributed by atoms with Crippen LogP contribution in [-0.4, -0.2) is 34.9 Å². The molecule has 1 aliphatic heterocycles. The molecule has 4 aromatic rings. The number of carbonyl (C=O) groups is 3. The second kappa shape index (κ2) is 8.77. The molecule has 0 spiro atoms. The molecule has 0 unspecified atom stereocenters. The number of carbonyl (C=O) groups excluding carboxylic acids is 3. The largest absolute Gasteiger partial charge is 0.507 e. The monoisotopic (exact) mass is 488 g/mol. The Labute approximate surface area is 202 Å². The molecule has 0 radical (unpaired) electrons. The van der Waals surface area contributed by atoms with Crippen LogP contribution in [0, 0.1) is 5.82 Å². The molecule has 35 heavy (non-hydrogen) atoms. The fraction of sp³-hybridized carbons (Fsp3) is 0.0769. The number of ketones is 1. The minimum Gasteiger partial charge on any atom is -0.507 e. The molecule has 174 valence electrons. The molecule has 1 atom stereocenters. The van der Waals surface area contributed by atoms with Gasteiger partial charge in [-0.25, -0.2) is 14.2 Å². The summed E-state index contributed by atoms with van der Waals surface area (Å²) in [5.41, 5.74) is 1.48. The van der Waals surface area contributed by atoms with E-state index in [9.17, 15) is 23.9 Å². The number of aliphatic hydroxyl groups is 1. The number of amides is 1. The Morgan fingerprint density at radius 1 is 1.03 bits per heavy atom. The molecule has 0 bridgehead atoms. The van der Waals surface area contributed by atoms with Crippen molar-refractivity contribution in [2.45, 2.75) is 6.04 Å². The average Bonchev–Trinajstić information content (AvgIpc) is 3.41. The van der Waals surface area contributed by atoms with Gasteiger partial charge in [0.15, 0.2) is 5.13 Å². The van der Waals surface area contributed by atoms with Crippen LogP contribution in [0.25, 0.3) is 16.0 Å². The fourth-order valence-electron chi connectivity index (χ4n) is 4.01. The maximum atomic E-state index is 13.8. The van der Waals surface area contributed by atoms with Crippen LogP contribution in [0.5, 0.6) is 0 Å². The molecule has 1 fully saturated rings. The first-order valence-corrected chi connectivity index (χ1v) is 11.3. The van der Waals surface area contributed by atoms with E-state index in [-0.39, 0.29) is 22.0 Å². The highest BCUT2D eigenvalue weighted by Gasteiger charge is 2.48. The van der Waals surface area contributed by atoms with E-state index in [0.717, 1.165) is 11.3 Å². The van der Waals surface area contributed by atoms with Crippen molar-refractivity contribution in [1.82, 2.24) is 4.98 Å². The zero-order chi connectivity index (χ0) is 24.7. The first-order chi connectivity index (χ1) is 16.9. The summed E-state index contributed by atoms with van der Waals surface area (Å²) in [6, 6.07) is 17.6. The number of halogens is 1. The van der Waals surface area contributed by atoms with E-state index in [2.05, 4.69) is 4.98 Å². The van der Waals surface area contributed by atoms with Crippen LogP contribution in [0.3, 0.4) is 0 Å². The smallest absolute Gasteiger partial charge is 0.337 e. The number of anilines is 1. The van der Waals surface area contributed by atoms with Gasteiger partial charge in [0.1, 0.15) is 11.6 Å². The maximum absolute atomic E-state index is 13.8. The van der Waals surface area contributed by atoms with Crippen molar-refractivity contribution in [3.63, 3.8) is 0 Å². The van der Waals surface area contributed by atoms with E-state index in [0.29, 0.717) is 21.3 Å². The minimum absolute atomic E-state index is 0.113. The van der Waals surface area contributed by atoms with E-state index in [1.54, 1.807) is 42.5 Å². The number of hydrogen-bond acceptors (Lipinski definition) is 7. The van der Waals surface area contributed by atoms with Crippen LogP contribution in [-0.2, 0) is 14.3 Å². The van der Waals surface area contributed by atoms with Gasteiger partial charge in [-0.2, -0.15) is 0 Å². The predicted molar refractivity (Wildman–Crippen MR) is 129 cm³/mol. The lowest BCUT2D eigenvalue weighted by atomic mass is 9.95. The number of rotatable bonds is 4. The molecule has 9 heteroatoms. The molecule has 0 saturated carbocycles. The lowest BCUT2D eigenvalue weighted by Crippen LogP contribution is -2.29. The van der Waals surface area contributed by atoms with Crippen LogP contribution in [0.1, 0.15) is 27.5 Å². The minimum atomic E-state index is -1.02. The Morgan fingerprint density at radius 2 is 1.74 bits per heavy atom. The molecule has 7 nitrogen and oxygen atoms in total. The Hall–Kier alpha value is -4.37. The van der Waals surface area contributed by atoms with Crippen molar-refractivity contribution in [3.8, 4) is 0 Å². The summed E-state index contributed by atoms with van der Waals surface area (Å²) >= 11 is 1.06. The number of hydrogen-bond donors (Lipinski definition) is 1. The summed E-state index contributed by atoms with van der Waals surface area (Å²) in [6.07, 6.45) is 0. The highest BCUT2D eigenvalue weighted by atomic mass is 32.1. The summed E-state index contributed by atoms with van der Waals surface area (Å²) in [5, 5.41) is 11.3. The van der Waals surface area contributed by atoms with Gasteiger partial charge in [-0.3, -0.25) is 14.5 Å². The molecule has 1 amide bonds. The zero-order valence-electron chi connectivity index (χ0n) is 18.3. The van der Waals surface area contributed by atoms with E-state index in [1.165, 1.54) is 42.3 Å². The third-order valence-corrected chi connectivity index (χ3v) is 6.70. The first-order valence-electron chi connectivity index (χ1n) is 10.5. The molecule has 1 aromatic heterocycles. The predicted octanol–water partition coefficient (Wildman–Crippen LogP) is 4.85. The molecule has 1 saturated heterocycles. The fourth-order valence-corrected chi connectivity index (χ4v) is 5.02. The SMILES string of the molecule is COC(=O)c1ccc([C@@H]2/C(=C(\O)c3ccccc3)C(=O)C(=O)N2c2nc3ccc(F)cc3s2)cc1. The number of esters is 1. The van der Waals surface area contributed by atoms with Crippen molar-refractivity contribution >= 4 is 50.1 Å². The number of aliphatic hydroxyl groups excluding tert-OH is 1. The topological polar surface area (TPSA) is 96.8 Å². The second-order valence-electron chi connectivity index (χ2n) is 7.76. The van der Waals surface area contributed by atoms with E-state index >= 15 is 0 Å². The molecule has 5 rings (SSSR count). The highest BCUT2D eigenvalue weighted by molar-refractivity contribution is 7.22. The Morgan fingerprint density at radius 3 is 2.43 bits per heavy atom. The van der Waals surface area contributed by atoms with Crippen LogP contribution < -0.4 is 4.90 Å². The molecule has 1 aliphatic rings. The van der Waals surface area contributed by atoms with Gasteiger partial charge in [-0.05, 0) is 35.9 Å². The van der Waals surface area contributed by atoms with Crippen LogP contribution in [0.15, 0.2) is 78.4 Å². The normalized spacial score (nSPS) is 17.2. The Kier molecular flexibility index (Phi) is 5.62. The Balaban J connectivity index is 1.71. The average molecular weight is 488 g/mol. The molecular weight excluding hydrogens is 471 g/mol. The van der Waals surface area contributed by atoms with Gasteiger partial charge in [0, 0.05) is 5.56 Å². The Bertz CT molecular complexity index is 1510. The highest BCUT2D eigenvalue weighted by Crippen LogP contribution is 2.44. The first kappa shape index (κ1) is 22.4. The molecular formula is C26H17FN2O5S. The second-order valence-corrected chi connectivity index (χ2v) is 8.77. The quantitative estimate of drug-likeness (QED) is 0.191. The summed E-state index contributed by atoms with van der Waals surface area (Å²) in [7, 11) is 1.26. The van der Waals surface area contributed by atoms with Crippen molar-refractivity contribution < 1.29 is 28.6 Å². The van der Waals surface area contributed by atoms with Gasteiger partial charge >= 0.3 is 11.9 Å². The number of methoxy groups -OCH3 is 1. The zero-order valence-corrected chi connectivity index (χ0v) is 19.1. The van der Waals surface area contributed by atoms with Crippen LogP contribution in [0.2, 0.25) is 0 Å². The summed E-state index contributed by atoms with van der Waals surface area (Å²) < 4.78 is 19.0. The number of benzene rings is 3. The molecule has 1 N–H and O–H groups in total. The van der Waals surface area contributed by atoms with Gasteiger partial charge in [0.05, 0.1) is 34.5 Å². The van der Waals surface area contributed by atoms with Gasteiger partial charge in [-0.15, -0.1) is 0 Å². The number of fused-ring (bicyclic) bond motifs is 1. The van der Waals surface area contributed by atoms with Gasteiger partial charge in [-0.1, -0.05) is 53.8 Å². The van der Waals surface area contributed by atoms with Crippen molar-refractivity contribution in [1.29, 1.82) is 0 Å². The number of aromatic nitrogens is 1. The van der Waals surface area contributed by atoms with E-state index < -0.39 is 29.5 Å². The number of Topliss-reactive ketones (excluding diaryl/α,β-unsaturated/α-hetero) is 1. The van der Waals surface area contributed by atoms with Crippen molar-refractivity contribution in [2.75, 3.05) is 12.0 Å². The van der Waals surface area contributed by atoms with Gasteiger partial charge < -0.3 is 9.84 Å². The van der Waals surface area contributed by atoms with E-state index in [1.807, 2.05) is 0 Å². The van der Waals surface area contributed by atoms with Gasteiger partial charge in [0.2, 0.25) is 0 Å². The van der Waals surface area contributed by atoms with Crippen LogP contribution in [0.4, 0.5) is 9.52 Å². The lowest BCUT2D eigenvalue weighted by molar-refractivity contribution is -0.132. The van der Waals surface area contributed by atoms with Crippen molar-refractivity contribution in [3.05, 3.63) is 101 Å². The molecule has 2 heterocycles. The standard InChI is InChI=1S/C26H17FN2O5S/c1-34-25(33)16-9-7-14(8-10-16)21-20(22(30)15-5-3-2-4-6-15)23(31)24(32)29(21)26-28-18-12-11-17(27)13-19(18)35-26/h2-13,21,30H,1H3/b22-20+/t21-/m1/s1. The summed E-state index contributed by atoms with van der Waals surface area (Å²) in [5.74, 6) is -3.07. The van der Waals surface area contributed by atoms with Gasteiger partial charge in [0.25, 0.3) is 5.78 Å². The number of nitrogens with zero attached hydrogens (tertiary/aromatic N) is 2. The molecule has 3 aromatic carbocycles. The third-order valence-electron chi connectivity index (χ3n) is 5.68. The molecule has 0 aliphatic carbocycles. The third kappa shape index (κ3) is 3.85. The lowest BCUT2D eigenvalue weighted by Gasteiger charge is -2.23. The number of thiazole rings is 1. The van der Waals surface area contributed by atoms with E-state index in [4.69, 9.17) is 4.74 Å².